The number of benzene rings is 3. The summed E-state index contributed by atoms with van der Waals surface area (Å²) in [5.74, 6) is -2.16. The van der Waals surface area contributed by atoms with Gasteiger partial charge in [-0.3, -0.25) is 24.0 Å². The monoisotopic (exact) mass is 932 g/mol. The zero-order valence-electron chi connectivity index (χ0n) is 39.8. The first-order valence-corrected chi connectivity index (χ1v) is 23.1. The number of ether oxygens (including phenoxy) is 2. The normalized spacial score (nSPS) is 16.3. The van der Waals surface area contributed by atoms with E-state index in [1.54, 1.807) is 51.1 Å². The average Bonchev–Trinajstić information content (AvgIpc) is 3.32. The van der Waals surface area contributed by atoms with Gasteiger partial charge in [-0.1, -0.05) is 57.0 Å². The molecule has 3 aromatic carbocycles. The Labute approximate surface area is 397 Å². The Morgan fingerprint density at radius 2 is 1.54 bits per heavy atom. The Balaban J connectivity index is 1.58. The van der Waals surface area contributed by atoms with Gasteiger partial charge in [0.2, 0.25) is 23.6 Å². The van der Waals surface area contributed by atoms with Crippen molar-refractivity contribution in [1.29, 1.82) is 5.26 Å². The minimum absolute atomic E-state index is 0.000317. The van der Waals surface area contributed by atoms with Gasteiger partial charge in [-0.15, -0.1) is 0 Å². The molecule has 0 unspecified atom stereocenters. The van der Waals surface area contributed by atoms with Gasteiger partial charge in [-0.2, -0.15) is 5.26 Å². The van der Waals surface area contributed by atoms with Gasteiger partial charge in [-0.25, -0.2) is 9.97 Å². The Bertz CT molecular complexity index is 2460. The van der Waals surface area contributed by atoms with Crippen molar-refractivity contribution in [2.24, 2.45) is 23.1 Å². The molecule has 362 valence electrons. The van der Waals surface area contributed by atoms with E-state index in [-0.39, 0.29) is 69.2 Å². The maximum atomic E-state index is 14.5. The van der Waals surface area contributed by atoms with E-state index >= 15 is 0 Å². The smallest absolute Gasteiger partial charge is 0.255 e. The molecule has 18 nitrogen and oxygen atoms in total. The number of hydrogen-bond donors (Lipinski definition) is 8. The number of carbonyl (C=O) groups is 5. The number of nitrogens with one attached hydrogen (secondary N) is 5. The predicted molar refractivity (Wildman–Crippen MR) is 260 cm³/mol. The molecule has 0 radical (unpaired) electrons. The summed E-state index contributed by atoms with van der Waals surface area (Å²) in [7, 11) is 0. The molecule has 0 aliphatic carbocycles. The highest BCUT2D eigenvalue weighted by Crippen LogP contribution is 2.44. The van der Waals surface area contributed by atoms with Gasteiger partial charge in [0.05, 0.1) is 34.6 Å². The van der Waals surface area contributed by atoms with Crippen LogP contribution in [0.3, 0.4) is 0 Å². The van der Waals surface area contributed by atoms with Crippen LogP contribution < -0.4 is 53.3 Å². The molecule has 1 aliphatic heterocycles. The van der Waals surface area contributed by atoms with Crippen molar-refractivity contribution in [3.05, 3.63) is 88.2 Å². The topological polar surface area (TPSA) is 292 Å². The number of rotatable bonds is 19. The second kappa shape index (κ2) is 24.7. The van der Waals surface area contributed by atoms with E-state index in [0.29, 0.717) is 51.1 Å². The van der Waals surface area contributed by atoms with Crippen LogP contribution in [0.1, 0.15) is 91.3 Å². The van der Waals surface area contributed by atoms with E-state index in [2.05, 4.69) is 52.6 Å². The summed E-state index contributed by atoms with van der Waals surface area (Å²) in [6, 6.07) is 15.0. The van der Waals surface area contributed by atoms with E-state index in [4.69, 9.17) is 36.6 Å². The summed E-state index contributed by atoms with van der Waals surface area (Å²) in [5.41, 5.74) is 22.9. The van der Waals surface area contributed by atoms with Gasteiger partial charge in [0.1, 0.15) is 43.6 Å². The molecule has 0 saturated heterocycles. The third-order valence-corrected chi connectivity index (χ3v) is 12.0. The lowest BCUT2D eigenvalue weighted by atomic mass is 9.91. The van der Waals surface area contributed by atoms with E-state index < -0.39 is 53.6 Å². The lowest BCUT2D eigenvalue weighted by Gasteiger charge is -2.26. The molecule has 4 bridgehead atoms. The molecule has 4 aromatic rings. The Morgan fingerprint density at radius 1 is 0.868 bits per heavy atom. The van der Waals surface area contributed by atoms with E-state index in [1.807, 2.05) is 18.2 Å². The summed E-state index contributed by atoms with van der Waals surface area (Å²) < 4.78 is 12.4. The molecule has 5 amide bonds. The van der Waals surface area contributed by atoms with E-state index in [0.717, 1.165) is 24.8 Å². The van der Waals surface area contributed by atoms with Gasteiger partial charge >= 0.3 is 0 Å². The molecule has 0 fully saturated rings. The standard InChI is InChI=1S/C50H65N11O7/c1-7-32(8-2)23-33-9-11-35(12-10-33)45-56-29(4)43(30(5)57-45)50(66)59-39(15-16-51)49(65)60-40-25-34-24-38(44(40)68-22-19-54)37-27-36(13-14-42(37)67-21-18-53)28(3)46(62)58-31(6)47(63)61-41(26-34)48(64)55-20-17-52/h9-14,24-25,27-28,31-32,39,41H,7-8,15-16,18-23,26,51,53-54H2,1-6H3,(H,55,64)(H,58,62)(H,59,66)(H,60,65)(H,61,63)/t28-,31-,39-,41-/m0/s1. The van der Waals surface area contributed by atoms with Crippen molar-refractivity contribution in [3.63, 3.8) is 0 Å². The third-order valence-electron chi connectivity index (χ3n) is 12.0. The van der Waals surface area contributed by atoms with E-state index in [1.165, 1.54) is 12.5 Å². The quantitative estimate of drug-likeness (QED) is 0.0626. The van der Waals surface area contributed by atoms with Crippen LogP contribution in [-0.2, 0) is 32.0 Å². The number of anilines is 1. The lowest BCUT2D eigenvalue weighted by Crippen LogP contribution is -2.54. The summed E-state index contributed by atoms with van der Waals surface area (Å²) in [6.07, 6.45) is 3.09. The first kappa shape index (κ1) is 52.0. The first-order valence-electron chi connectivity index (χ1n) is 23.1. The van der Waals surface area contributed by atoms with Crippen molar-refractivity contribution in [2.45, 2.75) is 97.7 Å². The van der Waals surface area contributed by atoms with Crippen molar-refractivity contribution in [2.75, 3.05) is 44.7 Å². The van der Waals surface area contributed by atoms with Crippen molar-refractivity contribution in [1.82, 2.24) is 31.2 Å². The fourth-order valence-electron chi connectivity index (χ4n) is 8.05. The number of nitrogens with two attached hydrogens (primary N) is 3. The van der Waals surface area contributed by atoms with Crippen molar-refractivity contribution < 1.29 is 33.4 Å². The molecular weight excluding hydrogens is 867 g/mol. The van der Waals surface area contributed by atoms with Crippen LogP contribution in [0.5, 0.6) is 11.5 Å². The number of aryl methyl sites for hydroxylation is 2. The molecule has 4 atom stereocenters. The second-order valence-corrected chi connectivity index (χ2v) is 16.9. The number of fused-ring (bicyclic) bond motifs is 5. The molecule has 2 heterocycles. The Kier molecular flexibility index (Phi) is 18.9. The predicted octanol–water partition coefficient (Wildman–Crippen LogP) is 3.46. The Morgan fingerprint density at radius 3 is 2.18 bits per heavy atom. The number of nitrogens with zero attached hydrogens (tertiary/aromatic N) is 3. The van der Waals surface area contributed by atoms with Crippen LogP contribution in [0.25, 0.3) is 22.5 Å². The highest BCUT2D eigenvalue weighted by molar-refractivity contribution is 6.03. The molecule has 1 aliphatic rings. The number of nitriles is 1. The van der Waals surface area contributed by atoms with Gasteiger partial charge in [0, 0.05) is 36.2 Å². The molecule has 68 heavy (non-hydrogen) atoms. The van der Waals surface area contributed by atoms with Gasteiger partial charge in [0.15, 0.2) is 11.6 Å². The van der Waals surface area contributed by atoms with Crippen LogP contribution in [0, 0.1) is 31.1 Å². The summed E-state index contributed by atoms with van der Waals surface area (Å²) in [5, 5.41) is 23.0. The van der Waals surface area contributed by atoms with Gasteiger partial charge < -0.3 is 53.3 Å². The SMILES string of the molecule is CCC(CC)Cc1ccc(-c2nc(C)c(C(=O)N[C@@H](CCN)C(=O)Nc3cc4cc(c3OCCN)-c3cc(ccc3OCCN)[C@H](C)C(=O)N[C@@H](C)C(=O)N[C@H](C(=O)NCC#N)C4)c(C)n2)cc1. The summed E-state index contributed by atoms with van der Waals surface area (Å²) in [4.78, 5) is 78.7. The van der Waals surface area contributed by atoms with Crippen LogP contribution in [0.15, 0.2) is 54.6 Å². The minimum Gasteiger partial charge on any atom is -0.492 e. The molecule has 0 saturated carbocycles. The highest BCUT2D eigenvalue weighted by atomic mass is 16.5. The number of hydrogen-bond acceptors (Lipinski definition) is 13. The highest BCUT2D eigenvalue weighted by Gasteiger charge is 2.31. The number of aromatic nitrogens is 2. The zero-order valence-corrected chi connectivity index (χ0v) is 39.8. The fraction of sp³-hybridized carbons (Fsp3) is 0.440. The molecule has 1 aromatic heterocycles. The number of amides is 5. The summed E-state index contributed by atoms with van der Waals surface area (Å²) >= 11 is 0. The lowest BCUT2D eigenvalue weighted by molar-refractivity contribution is -0.132. The second-order valence-electron chi connectivity index (χ2n) is 16.9. The number of carbonyl (C=O) groups excluding carboxylic acids is 5. The van der Waals surface area contributed by atoms with Crippen LogP contribution in [-0.4, -0.2) is 97.0 Å². The molecule has 18 heteroatoms. The van der Waals surface area contributed by atoms with Crippen LogP contribution in [0.2, 0.25) is 0 Å². The third kappa shape index (κ3) is 13.1. The summed E-state index contributed by atoms with van der Waals surface area (Å²) in [6.45, 7) is 11.1. The molecule has 0 spiro atoms. The van der Waals surface area contributed by atoms with Crippen molar-refractivity contribution in [3.8, 4) is 40.1 Å². The molecular formula is C50H65N11O7. The fourth-order valence-corrected chi connectivity index (χ4v) is 8.05. The first-order chi connectivity index (χ1) is 32.7. The minimum atomic E-state index is -1.25. The average molecular weight is 932 g/mol. The van der Waals surface area contributed by atoms with E-state index in [9.17, 15) is 29.2 Å². The Hall–Kier alpha value is -6.94. The van der Waals surface area contributed by atoms with Gasteiger partial charge in [0.25, 0.3) is 5.91 Å². The van der Waals surface area contributed by atoms with Crippen LogP contribution in [0.4, 0.5) is 5.69 Å². The zero-order chi connectivity index (χ0) is 49.5. The van der Waals surface area contributed by atoms with Crippen molar-refractivity contribution >= 4 is 35.2 Å². The van der Waals surface area contributed by atoms with Gasteiger partial charge in [-0.05, 0) is 94.0 Å². The maximum Gasteiger partial charge on any atom is 0.255 e. The van der Waals surface area contributed by atoms with Crippen LogP contribution >= 0.6 is 0 Å². The molecule has 11 N–H and O–H groups in total. The molecule has 5 rings (SSSR count). The largest absolute Gasteiger partial charge is 0.492 e. The maximum absolute atomic E-state index is 14.5.